The molecular weight excluding hydrogens is 366 g/mol. The van der Waals surface area contributed by atoms with E-state index in [1.165, 1.54) is 35.9 Å². The molecule has 7 heteroatoms. The van der Waals surface area contributed by atoms with Gasteiger partial charge in [-0.1, -0.05) is 0 Å². The van der Waals surface area contributed by atoms with Crippen molar-refractivity contribution in [1.82, 2.24) is 4.90 Å². The Kier molecular flexibility index (Phi) is 3.66. The molecule has 2 aliphatic heterocycles. The second kappa shape index (κ2) is 5.50. The first-order chi connectivity index (χ1) is 12.6. The van der Waals surface area contributed by atoms with Crippen molar-refractivity contribution in [3.05, 3.63) is 0 Å². The van der Waals surface area contributed by atoms with Crippen molar-refractivity contribution in [1.29, 1.82) is 0 Å². The van der Waals surface area contributed by atoms with E-state index in [-0.39, 0.29) is 11.7 Å². The van der Waals surface area contributed by atoms with Gasteiger partial charge in [0.2, 0.25) is 5.91 Å². The van der Waals surface area contributed by atoms with Gasteiger partial charge in [-0.05, 0) is 70.1 Å². The van der Waals surface area contributed by atoms with Crippen molar-refractivity contribution in [3.63, 3.8) is 0 Å². The maximum atomic E-state index is 13.4. The molecule has 0 aromatic carbocycles. The summed E-state index contributed by atoms with van der Waals surface area (Å²) in [4.78, 5) is 39.2. The van der Waals surface area contributed by atoms with E-state index in [1.54, 1.807) is 0 Å². The molecule has 0 unspecified atom stereocenters. The largest absolute Gasteiger partial charge is 0.480 e. The van der Waals surface area contributed by atoms with E-state index in [2.05, 4.69) is 0 Å². The van der Waals surface area contributed by atoms with E-state index in [0.717, 1.165) is 19.3 Å². The van der Waals surface area contributed by atoms with E-state index in [9.17, 15) is 24.6 Å². The molecule has 4 saturated carbocycles. The highest BCUT2D eigenvalue weighted by molar-refractivity contribution is 8.01. The molecule has 6 fully saturated rings. The van der Waals surface area contributed by atoms with E-state index in [0.29, 0.717) is 17.8 Å². The van der Waals surface area contributed by atoms with Gasteiger partial charge >= 0.3 is 5.97 Å². The minimum absolute atomic E-state index is 0.142. The Morgan fingerprint density at radius 1 is 1.11 bits per heavy atom. The van der Waals surface area contributed by atoms with Gasteiger partial charge < -0.3 is 15.1 Å². The normalized spacial score (nSPS) is 47.5. The maximum Gasteiger partial charge on any atom is 0.327 e. The summed E-state index contributed by atoms with van der Waals surface area (Å²) in [5.74, 6) is -0.554. The summed E-state index contributed by atoms with van der Waals surface area (Å²) in [7, 11) is 0. The maximum absolute atomic E-state index is 13.4. The number of carboxylic acids is 1. The Morgan fingerprint density at radius 3 is 2.11 bits per heavy atom. The third-order valence-corrected chi connectivity index (χ3v) is 9.48. The summed E-state index contributed by atoms with van der Waals surface area (Å²) in [6, 6.07) is -0.905. The van der Waals surface area contributed by atoms with Crippen LogP contribution in [-0.4, -0.2) is 55.0 Å². The standard InChI is InChI=1S/C20H27NO5S/c1-19(2)14(18(25)26)21-16(24)12(17(21)27-19)13(22)15(23)20-6-9-3-10(7-20)5-11(4-9)8-20/h9-14,17,22H,3-8H2,1-2H3,(H,25,26)/t9?,10?,11?,12-,13+,14+,17-,20?/m1/s1. The van der Waals surface area contributed by atoms with Crippen molar-refractivity contribution in [3.8, 4) is 0 Å². The lowest BCUT2D eigenvalue weighted by atomic mass is 9.48. The fraction of sp³-hybridized carbons (Fsp3) is 0.850. The van der Waals surface area contributed by atoms with E-state index in [4.69, 9.17) is 0 Å². The Balaban J connectivity index is 1.38. The summed E-state index contributed by atoms with van der Waals surface area (Å²) in [5, 5.41) is 20.1. The van der Waals surface area contributed by atoms with Crippen molar-refractivity contribution >= 4 is 29.4 Å². The summed E-state index contributed by atoms with van der Waals surface area (Å²) < 4.78 is -0.635. The van der Waals surface area contributed by atoms with Crippen LogP contribution in [-0.2, 0) is 14.4 Å². The zero-order valence-corrected chi connectivity index (χ0v) is 16.6. The number of aliphatic hydroxyl groups excluding tert-OH is 1. The Morgan fingerprint density at radius 2 is 1.63 bits per heavy atom. The van der Waals surface area contributed by atoms with Crippen molar-refractivity contribution in [2.75, 3.05) is 0 Å². The van der Waals surface area contributed by atoms with Crippen LogP contribution in [0.2, 0.25) is 0 Å². The lowest BCUT2D eigenvalue weighted by molar-refractivity contribution is -0.176. The number of ketones is 1. The highest BCUT2D eigenvalue weighted by Crippen LogP contribution is 2.62. The Bertz CT molecular complexity index is 699. The smallest absolute Gasteiger partial charge is 0.327 e. The molecule has 0 aromatic heterocycles. The van der Waals surface area contributed by atoms with E-state index < -0.39 is 39.6 Å². The fourth-order valence-corrected chi connectivity index (χ4v) is 8.94. The molecule has 4 bridgehead atoms. The lowest BCUT2D eigenvalue weighted by Crippen LogP contribution is -2.67. The number of hydrogen-bond donors (Lipinski definition) is 2. The topological polar surface area (TPSA) is 94.9 Å². The van der Waals surface area contributed by atoms with Gasteiger partial charge in [0, 0.05) is 10.2 Å². The molecule has 6 rings (SSSR count). The molecule has 148 valence electrons. The van der Waals surface area contributed by atoms with Crippen molar-refractivity contribution in [2.24, 2.45) is 29.1 Å². The predicted molar refractivity (Wildman–Crippen MR) is 98.8 cm³/mol. The van der Waals surface area contributed by atoms with Gasteiger partial charge in [-0.2, -0.15) is 0 Å². The minimum Gasteiger partial charge on any atom is -0.480 e. The van der Waals surface area contributed by atoms with E-state index in [1.807, 2.05) is 13.8 Å². The van der Waals surface area contributed by atoms with Crippen LogP contribution >= 0.6 is 11.8 Å². The van der Waals surface area contributed by atoms with Gasteiger partial charge in [-0.3, -0.25) is 9.59 Å². The average Bonchev–Trinajstić information content (AvgIpc) is 2.80. The monoisotopic (exact) mass is 393 g/mol. The number of hydrogen-bond acceptors (Lipinski definition) is 5. The lowest BCUT2D eigenvalue weighted by Gasteiger charge is -2.57. The van der Waals surface area contributed by atoms with E-state index >= 15 is 0 Å². The summed E-state index contributed by atoms with van der Waals surface area (Å²) in [5.41, 5.74) is -0.445. The number of β-lactam (4-membered cyclic amide) rings is 1. The molecule has 4 aliphatic carbocycles. The van der Waals surface area contributed by atoms with Crippen LogP contribution in [0.3, 0.4) is 0 Å². The van der Waals surface area contributed by atoms with Gasteiger partial charge in [0.25, 0.3) is 0 Å². The number of fused-ring (bicyclic) bond motifs is 1. The first-order valence-electron chi connectivity index (χ1n) is 10.1. The molecule has 0 aromatic rings. The van der Waals surface area contributed by atoms with Crippen LogP contribution in [0.1, 0.15) is 52.4 Å². The number of nitrogens with zero attached hydrogens (tertiary/aromatic N) is 1. The fourth-order valence-electron chi connectivity index (χ4n) is 7.22. The van der Waals surface area contributed by atoms with Gasteiger partial charge in [0.15, 0.2) is 5.78 Å². The first-order valence-corrected chi connectivity index (χ1v) is 11.0. The third-order valence-electron chi connectivity index (χ3n) is 7.89. The molecule has 2 heterocycles. The van der Waals surface area contributed by atoms with Gasteiger partial charge in [0.05, 0.1) is 5.37 Å². The molecule has 0 spiro atoms. The number of amides is 1. The number of carbonyl (C=O) groups excluding carboxylic acids is 2. The zero-order chi connectivity index (χ0) is 19.3. The minimum atomic E-state index is -1.30. The van der Waals surface area contributed by atoms with Crippen LogP contribution in [0.4, 0.5) is 0 Å². The average molecular weight is 394 g/mol. The first kappa shape index (κ1) is 18.0. The molecule has 27 heavy (non-hydrogen) atoms. The number of Topliss-reactive ketones (excluding diaryl/α,β-unsaturated/α-hetero) is 1. The number of rotatable bonds is 4. The second-order valence-electron chi connectivity index (χ2n) is 10.1. The number of thioether (sulfide) groups is 1. The van der Waals surface area contributed by atoms with Gasteiger partial charge in [0.1, 0.15) is 18.1 Å². The number of carboxylic acid groups (broad SMARTS) is 1. The molecule has 1 amide bonds. The van der Waals surface area contributed by atoms with Crippen LogP contribution < -0.4 is 0 Å². The SMILES string of the molecule is CC1(C)S[C@@H]2[C@H]([C@H](O)C(=O)C34CC5CC(CC(C5)C3)C4)C(=O)N2[C@H]1C(=O)O. The van der Waals surface area contributed by atoms with Crippen molar-refractivity contribution in [2.45, 2.75) is 74.6 Å². The van der Waals surface area contributed by atoms with Crippen LogP contribution in [0.5, 0.6) is 0 Å². The van der Waals surface area contributed by atoms with Crippen LogP contribution in [0, 0.1) is 29.1 Å². The summed E-state index contributed by atoms with van der Waals surface area (Å²) in [6.45, 7) is 3.62. The molecule has 2 N–H and O–H groups in total. The van der Waals surface area contributed by atoms with Crippen molar-refractivity contribution < 1.29 is 24.6 Å². The number of carbonyl (C=O) groups is 3. The van der Waals surface area contributed by atoms with Crippen LogP contribution in [0.15, 0.2) is 0 Å². The molecular formula is C20H27NO5S. The summed E-state index contributed by atoms with van der Waals surface area (Å²) >= 11 is 1.40. The number of aliphatic carboxylic acids is 1. The Labute approximate surface area is 163 Å². The van der Waals surface area contributed by atoms with Crippen LogP contribution in [0.25, 0.3) is 0 Å². The highest BCUT2D eigenvalue weighted by Gasteiger charge is 2.67. The predicted octanol–water partition coefficient (Wildman–Crippen LogP) is 1.90. The molecule has 6 aliphatic rings. The van der Waals surface area contributed by atoms with Gasteiger partial charge in [-0.25, -0.2) is 4.79 Å². The highest BCUT2D eigenvalue weighted by atomic mass is 32.2. The zero-order valence-electron chi connectivity index (χ0n) is 15.8. The summed E-state index contributed by atoms with van der Waals surface area (Å²) in [6.07, 6.45) is 4.93. The molecule has 4 atom stereocenters. The molecule has 6 nitrogen and oxygen atoms in total. The molecule has 2 saturated heterocycles. The quantitative estimate of drug-likeness (QED) is 0.709. The molecule has 0 radical (unpaired) electrons. The third kappa shape index (κ3) is 2.33. The Hall–Kier alpha value is -1.08. The second-order valence-corrected chi connectivity index (χ2v) is 11.9. The van der Waals surface area contributed by atoms with Gasteiger partial charge in [-0.15, -0.1) is 11.8 Å². The number of aliphatic hydroxyl groups is 1.